The summed E-state index contributed by atoms with van der Waals surface area (Å²) in [7, 11) is 1.54. The Kier molecular flexibility index (Phi) is 9.65. The van der Waals surface area contributed by atoms with Crippen LogP contribution in [-0.4, -0.2) is 29.9 Å². The van der Waals surface area contributed by atoms with Crippen molar-refractivity contribution in [3.63, 3.8) is 0 Å². The summed E-state index contributed by atoms with van der Waals surface area (Å²) in [6, 6.07) is 12.4. The maximum absolute atomic E-state index is 12.0. The third-order valence-corrected chi connectivity index (χ3v) is 4.84. The summed E-state index contributed by atoms with van der Waals surface area (Å²) in [5.41, 5.74) is 6.81. The molecule has 0 aliphatic carbocycles. The number of hydrogen-bond donors (Lipinski definition) is 4. The van der Waals surface area contributed by atoms with Gasteiger partial charge in [-0.25, -0.2) is 0 Å². The SMILES string of the molecule is COc1ccccc1C=CC(=O)NC(=S)NNC(=O)CCC(=O)Nc1cccc(Cl)c1C. The zero-order valence-corrected chi connectivity index (χ0v) is 19.1. The highest BCUT2D eigenvalue weighted by Gasteiger charge is 2.10. The molecule has 2 aromatic rings. The number of hydrogen-bond acceptors (Lipinski definition) is 5. The van der Waals surface area contributed by atoms with Gasteiger partial charge >= 0.3 is 0 Å². The number of nitrogens with one attached hydrogen (secondary N) is 4. The number of halogens is 1. The molecule has 0 spiro atoms. The molecule has 0 atom stereocenters. The van der Waals surface area contributed by atoms with Crippen LogP contribution in [0.5, 0.6) is 5.75 Å². The summed E-state index contributed by atoms with van der Waals surface area (Å²) in [5, 5.41) is 5.56. The number of benzene rings is 2. The van der Waals surface area contributed by atoms with E-state index in [4.69, 9.17) is 28.6 Å². The molecule has 0 bridgehead atoms. The van der Waals surface area contributed by atoms with E-state index in [9.17, 15) is 14.4 Å². The molecule has 32 heavy (non-hydrogen) atoms. The number of thiocarbonyl (C=S) groups is 1. The lowest BCUT2D eigenvalue weighted by atomic mass is 10.2. The largest absolute Gasteiger partial charge is 0.496 e. The molecule has 0 aliphatic rings. The van der Waals surface area contributed by atoms with E-state index in [-0.39, 0.29) is 23.9 Å². The maximum Gasteiger partial charge on any atom is 0.250 e. The second kappa shape index (κ2) is 12.4. The fourth-order valence-corrected chi connectivity index (χ4v) is 2.85. The summed E-state index contributed by atoms with van der Waals surface area (Å²) >= 11 is 11.0. The average molecular weight is 475 g/mol. The highest BCUT2D eigenvalue weighted by atomic mass is 35.5. The molecule has 0 saturated carbocycles. The lowest BCUT2D eigenvalue weighted by Gasteiger charge is -2.11. The molecule has 2 aromatic carbocycles. The minimum Gasteiger partial charge on any atom is -0.496 e. The van der Waals surface area contributed by atoms with Gasteiger partial charge in [-0.2, -0.15) is 0 Å². The van der Waals surface area contributed by atoms with Crippen LogP contribution in [-0.2, 0) is 14.4 Å². The molecular weight excluding hydrogens is 452 g/mol. The van der Waals surface area contributed by atoms with Gasteiger partial charge in [-0.05, 0) is 49.0 Å². The zero-order chi connectivity index (χ0) is 23.5. The van der Waals surface area contributed by atoms with Crippen LogP contribution >= 0.6 is 23.8 Å². The van der Waals surface area contributed by atoms with E-state index in [1.807, 2.05) is 12.1 Å². The Labute approximate surface area is 196 Å². The second-order valence-corrected chi connectivity index (χ2v) is 7.34. The maximum atomic E-state index is 12.0. The van der Waals surface area contributed by atoms with Crippen molar-refractivity contribution >= 4 is 58.4 Å². The first-order valence-corrected chi connectivity index (χ1v) is 10.3. The lowest BCUT2D eigenvalue weighted by molar-refractivity contribution is -0.124. The van der Waals surface area contributed by atoms with Gasteiger partial charge in [-0.3, -0.25) is 30.6 Å². The van der Waals surface area contributed by atoms with Crippen molar-refractivity contribution in [3.05, 3.63) is 64.7 Å². The van der Waals surface area contributed by atoms with Gasteiger partial charge in [-0.1, -0.05) is 35.9 Å². The van der Waals surface area contributed by atoms with Crippen LogP contribution in [0.25, 0.3) is 6.08 Å². The van der Waals surface area contributed by atoms with Crippen molar-refractivity contribution in [1.29, 1.82) is 0 Å². The average Bonchev–Trinajstić information content (AvgIpc) is 2.78. The Hall–Kier alpha value is -3.43. The van der Waals surface area contributed by atoms with Gasteiger partial charge in [0.1, 0.15) is 5.75 Å². The van der Waals surface area contributed by atoms with Gasteiger partial charge in [0.15, 0.2) is 5.11 Å². The standard InChI is InChI=1S/C22H23ClN4O4S/c1-14-16(23)7-5-8-17(14)24-19(28)12-13-21(30)26-27-22(32)25-20(29)11-10-15-6-3-4-9-18(15)31-2/h3-11H,12-13H2,1-2H3,(H,24,28)(H,26,30)(H2,25,27,29,32). The highest BCUT2D eigenvalue weighted by Crippen LogP contribution is 2.23. The van der Waals surface area contributed by atoms with E-state index in [0.29, 0.717) is 16.5 Å². The van der Waals surface area contributed by atoms with E-state index < -0.39 is 11.8 Å². The van der Waals surface area contributed by atoms with Gasteiger partial charge in [0.2, 0.25) is 17.7 Å². The molecule has 2 rings (SSSR count). The Bertz CT molecular complexity index is 1040. The monoisotopic (exact) mass is 474 g/mol. The van der Waals surface area contributed by atoms with Gasteiger partial charge in [0.25, 0.3) is 0 Å². The minimum atomic E-state index is -0.487. The fourth-order valence-electron chi connectivity index (χ4n) is 2.53. The molecular formula is C22H23ClN4O4S. The summed E-state index contributed by atoms with van der Waals surface area (Å²) in [6.45, 7) is 1.79. The third-order valence-electron chi connectivity index (χ3n) is 4.23. The second-order valence-electron chi connectivity index (χ2n) is 6.53. The first-order chi connectivity index (χ1) is 15.3. The third kappa shape index (κ3) is 8.01. The number of hydrazine groups is 1. The molecule has 0 radical (unpaired) electrons. The van der Waals surface area contributed by atoms with E-state index >= 15 is 0 Å². The number of ether oxygens (including phenoxy) is 1. The molecule has 0 aromatic heterocycles. The Morgan fingerprint density at radius 1 is 1.03 bits per heavy atom. The summed E-state index contributed by atoms with van der Waals surface area (Å²) in [4.78, 5) is 35.9. The van der Waals surface area contributed by atoms with Crippen molar-refractivity contribution in [1.82, 2.24) is 16.2 Å². The number of para-hydroxylation sites is 1. The van der Waals surface area contributed by atoms with Crippen LogP contribution in [0.2, 0.25) is 5.02 Å². The normalized spacial score (nSPS) is 10.3. The van der Waals surface area contributed by atoms with Crippen molar-refractivity contribution in [2.45, 2.75) is 19.8 Å². The van der Waals surface area contributed by atoms with Gasteiger partial charge in [0.05, 0.1) is 7.11 Å². The van der Waals surface area contributed by atoms with Crippen molar-refractivity contribution in [3.8, 4) is 5.75 Å². The van der Waals surface area contributed by atoms with Crippen LogP contribution in [0.1, 0.15) is 24.0 Å². The van der Waals surface area contributed by atoms with Crippen LogP contribution in [0, 0.1) is 6.92 Å². The number of carbonyl (C=O) groups is 3. The smallest absolute Gasteiger partial charge is 0.250 e. The predicted molar refractivity (Wildman–Crippen MR) is 128 cm³/mol. The van der Waals surface area contributed by atoms with Crippen LogP contribution in [0.4, 0.5) is 5.69 Å². The van der Waals surface area contributed by atoms with Crippen LogP contribution < -0.4 is 26.2 Å². The number of rotatable bonds is 7. The van der Waals surface area contributed by atoms with E-state index in [1.165, 1.54) is 13.2 Å². The fraction of sp³-hybridized carbons (Fsp3) is 0.182. The molecule has 0 unspecified atom stereocenters. The van der Waals surface area contributed by atoms with Crippen molar-refractivity contribution in [2.24, 2.45) is 0 Å². The van der Waals surface area contributed by atoms with Crippen molar-refractivity contribution in [2.75, 3.05) is 12.4 Å². The Morgan fingerprint density at radius 2 is 1.75 bits per heavy atom. The number of carbonyl (C=O) groups excluding carboxylic acids is 3. The van der Waals surface area contributed by atoms with Gasteiger partial charge in [0, 0.05) is 35.2 Å². The number of anilines is 1. The van der Waals surface area contributed by atoms with Crippen LogP contribution in [0.15, 0.2) is 48.5 Å². The quantitative estimate of drug-likeness (QED) is 0.279. The predicted octanol–water partition coefficient (Wildman–Crippen LogP) is 3.11. The van der Waals surface area contributed by atoms with Crippen molar-refractivity contribution < 1.29 is 19.1 Å². The van der Waals surface area contributed by atoms with E-state index in [2.05, 4.69) is 21.5 Å². The van der Waals surface area contributed by atoms with Crippen LogP contribution in [0.3, 0.4) is 0 Å². The molecule has 0 saturated heterocycles. The summed E-state index contributed by atoms with van der Waals surface area (Å²) < 4.78 is 5.20. The molecule has 4 N–H and O–H groups in total. The molecule has 10 heteroatoms. The molecule has 0 heterocycles. The minimum absolute atomic E-state index is 0.0414. The number of amides is 3. The summed E-state index contributed by atoms with van der Waals surface area (Å²) in [5.74, 6) is -0.662. The lowest BCUT2D eigenvalue weighted by Crippen LogP contribution is -2.48. The Balaban J connectivity index is 1.71. The molecule has 8 nitrogen and oxygen atoms in total. The van der Waals surface area contributed by atoms with Gasteiger partial charge in [-0.15, -0.1) is 0 Å². The zero-order valence-electron chi connectivity index (χ0n) is 17.5. The topological polar surface area (TPSA) is 109 Å². The molecule has 0 fully saturated rings. The molecule has 168 valence electrons. The Morgan fingerprint density at radius 3 is 2.50 bits per heavy atom. The molecule has 3 amide bonds. The first-order valence-electron chi connectivity index (χ1n) is 9.56. The summed E-state index contributed by atoms with van der Waals surface area (Å²) in [6.07, 6.45) is 2.74. The van der Waals surface area contributed by atoms with E-state index in [0.717, 1.165) is 11.1 Å². The molecule has 0 aliphatic heterocycles. The highest BCUT2D eigenvalue weighted by molar-refractivity contribution is 7.80. The number of methoxy groups -OCH3 is 1. The van der Waals surface area contributed by atoms with Gasteiger partial charge < -0.3 is 10.1 Å². The van der Waals surface area contributed by atoms with E-state index in [1.54, 1.807) is 43.3 Å². The first kappa shape index (κ1) is 24.8.